The van der Waals surface area contributed by atoms with E-state index >= 15 is 0 Å². The molecular weight excluding hydrogens is 271 g/mol. The summed E-state index contributed by atoms with van der Waals surface area (Å²) in [5.74, 6) is -0.393. The Morgan fingerprint density at radius 1 is 1.33 bits per heavy atom. The van der Waals surface area contributed by atoms with E-state index in [-0.39, 0.29) is 23.2 Å². The van der Waals surface area contributed by atoms with Crippen LogP contribution >= 0.6 is 0 Å². The Hall–Kier alpha value is -1.72. The highest BCUT2D eigenvalue weighted by Crippen LogP contribution is 2.16. The third kappa shape index (κ3) is 2.99. The normalized spacial score (nSPS) is 23.6. The molecule has 0 unspecified atom stereocenters. The maximum atomic E-state index is 13.8. The third-order valence-electron chi connectivity index (χ3n) is 3.76. The summed E-state index contributed by atoms with van der Waals surface area (Å²) in [5, 5.41) is 0.391. The number of pyridine rings is 1. The molecule has 2 heterocycles. The van der Waals surface area contributed by atoms with Gasteiger partial charge >= 0.3 is 0 Å². The number of ether oxygens (including phenoxy) is 1. The van der Waals surface area contributed by atoms with Crippen molar-refractivity contribution in [2.75, 3.05) is 13.1 Å². The van der Waals surface area contributed by atoms with E-state index in [4.69, 9.17) is 4.74 Å². The molecule has 21 heavy (non-hydrogen) atoms. The number of nitrogens with one attached hydrogen (secondary N) is 1. The second-order valence-electron chi connectivity index (χ2n) is 5.77. The summed E-state index contributed by atoms with van der Waals surface area (Å²) in [4.78, 5) is 17.4. The van der Waals surface area contributed by atoms with E-state index in [1.165, 1.54) is 6.07 Å². The zero-order chi connectivity index (χ0) is 15.0. The fourth-order valence-corrected chi connectivity index (χ4v) is 3.03. The molecule has 3 rings (SSSR count). The number of para-hydroxylation sites is 1. The molecule has 2 atom stereocenters. The number of halogens is 1. The van der Waals surface area contributed by atoms with Crippen molar-refractivity contribution in [3.8, 4) is 0 Å². The van der Waals surface area contributed by atoms with Crippen molar-refractivity contribution >= 4 is 10.9 Å². The molecule has 0 spiro atoms. The number of aromatic nitrogens is 1. The van der Waals surface area contributed by atoms with Crippen molar-refractivity contribution < 1.29 is 9.13 Å². The molecule has 1 aromatic heterocycles. The van der Waals surface area contributed by atoms with Crippen LogP contribution < -0.4 is 5.43 Å². The van der Waals surface area contributed by atoms with E-state index in [1.54, 1.807) is 18.2 Å². The fourth-order valence-electron chi connectivity index (χ4n) is 3.03. The standard InChI is InChI=1S/C16H19FN2O2/c1-10-7-19(8-11(2)21-10)9-12-6-15(20)13-4-3-5-14(17)16(13)18-12/h3-6,10-11H,7-9H2,1-2H3,(H,18,20)/t10-,11+. The van der Waals surface area contributed by atoms with Crippen LogP contribution in [0.4, 0.5) is 4.39 Å². The fraction of sp³-hybridized carbons (Fsp3) is 0.438. The summed E-state index contributed by atoms with van der Waals surface area (Å²) in [6, 6.07) is 6.12. The zero-order valence-electron chi connectivity index (χ0n) is 12.2. The van der Waals surface area contributed by atoms with Crippen LogP contribution in [-0.4, -0.2) is 35.2 Å². The van der Waals surface area contributed by atoms with Gasteiger partial charge in [-0.2, -0.15) is 0 Å². The first-order valence-electron chi connectivity index (χ1n) is 7.21. The van der Waals surface area contributed by atoms with Gasteiger partial charge in [-0.25, -0.2) is 4.39 Å². The number of H-pyrrole nitrogens is 1. The number of benzene rings is 1. The van der Waals surface area contributed by atoms with E-state index in [0.717, 1.165) is 18.8 Å². The molecule has 0 saturated carbocycles. The van der Waals surface area contributed by atoms with E-state index in [0.29, 0.717) is 11.9 Å². The number of aromatic amines is 1. The van der Waals surface area contributed by atoms with Gasteiger partial charge in [0.2, 0.25) is 0 Å². The predicted molar refractivity (Wildman–Crippen MR) is 79.8 cm³/mol. The Morgan fingerprint density at radius 3 is 2.76 bits per heavy atom. The molecule has 1 aliphatic heterocycles. The molecular formula is C16H19FN2O2. The molecule has 1 N–H and O–H groups in total. The van der Waals surface area contributed by atoms with Gasteiger partial charge < -0.3 is 9.72 Å². The van der Waals surface area contributed by atoms with Gasteiger partial charge in [0.25, 0.3) is 0 Å². The van der Waals surface area contributed by atoms with Crippen LogP contribution in [0.5, 0.6) is 0 Å². The van der Waals surface area contributed by atoms with Gasteiger partial charge in [0.15, 0.2) is 5.43 Å². The summed E-state index contributed by atoms with van der Waals surface area (Å²) >= 11 is 0. The maximum Gasteiger partial charge on any atom is 0.189 e. The first-order valence-corrected chi connectivity index (χ1v) is 7.21. The van der Waals surface area contributed by atoms with E-state index in [1.807, 2.05) is 13.8 Å². The van der Waals surface area contributed by atoms with Gasteiger partial charge in [-0.05, 0) is 26.0 Å². The van der Waals surface area contributed by atoms with E-state index < -0.39 is 5.82 Å². The van der Waals surface area contributed by atoms with Crippen LogP contribution in [0, 0.1) is 5.82 Å². The molecule has 0 bridgehead atoms. The van der Waals surface area contributed by atoms with Crippen molar-refractivity contribution in [3.05, 3.63) is 46.0 Å². The van der Waals surface area contributed by atoms with Crippen LogP contribution in [0.2, 0.25) is 0 Å². The first kappa shape index (κ1) is 14.2. The summed E-state index contributed by atoms with van der Waals surface area (Å²) in [5.41, 5.74) is 0.876. The highest BCUT2D eigenvalue weighted by atomic mass is 19.1. The van der Waals surface area contributed by atoms with Crippen LogP contribution in [0.25, 0.3) is 10.9 Å². The van der Waals surface area contributed by atoms with Gasteiger partial charge in [0.05, 0.1) is 17.7 Å². The number of fused-ring (bicyclic) bond motifs is 1. The topological polar surface area (TPSA) is 45.3 Å². The van der Waals surface area contributed by atoms with Crippen molar-refractivity contribution in [1.82, 2.24) is 9.88 Å². The minimum atomic E-state index is -0.393. The van der Waals surface area contributed by atoms with Crippen molar-refractivity contribution in [2.24, 2.45) is 0 Å². The van der Waals surface area contributed by atoms with Crippen LogP contribution in [-0.2, 0) is 11.3 Å². The molecule has 112 valence electrons. The molecule has 1 aromatic carbocycles. The van der Waals surface area contributed by atoms with Crippen LogP contribution in [0.3, 0.4) is 0 Å². The van der Waals surface area contributed by atoms with Crippen LogP contribution in [0.15, 0.2) is 29.1 Å². The molecule has 0 radical (unpaired) electrons. The summed E-state index contributed by atoms with van der Waals surface area (Å²) in [7, 11) is 0. The second-order valence-corrected chi connectivity index (χ2v) is 5.77. The maximum absolute atomic E-state index is 13.8. The van der Waals surface area contributed by atoms with Gasteiger partial charge in [0, 0.05) is 36.8 Å². The molecule has 4 nitrogen and oxygen atoms in total. The molecule has 5 heteroatoms. The van der Waals surface area contributed by atoms with Crippen molar-refractivity contribution in [2.45, 2.75) is 32.6 Å². The lowest BCUT2D eigenvalue weighted by Gasteiger charge is -2.35. The second kappa shape index (κ2) is 5.58. The lowest BCUT2D eigenvalue weighted by molar-refractivity contribution is -0.0707. The predicted octanol–water partition coefficient (Wildman–Crippen LogP) is 2.28. The average Bonchev–Trinajstić information content (AvgIpc) is 2.39. The molecule has 1 fully saturated rings. The van der Waals surface area contributed by atoms with Crippen molar-refractivity contribution in [3.63, 3.8) is 0 Å². The number of hydrogen-bond donors (Lipinski definition) is 1. The number of hydrogen-bond acceptors (Lipinski definition) is 3. The van der Waals surface area contributed by atoms with Gasteiger partial charge in [-0.3, -0.25) is 9.69 Å². The van der Waals surface area contributed by atoms with Gasteiger partial charge in [-0.15, -0.1) is 0 Å². The smallest absolute Gasteiger partial charge is 0.189 e. The molecule has 1 aliphatic rings. The summed E-state index contributed by atoms with van der Waals surface area (Å²) < 4.78 is 19.5. The Bertz CT molecular complexity index is 703. The highest BCUT2D eigenvalue weighted by Gasteiger charge is 2.22. The molecule has 0 aliphatic carbocycles. The van der Waals surface area contributed by atoms with E-state index in [9.17, 15) is 9.18 Å². The van der Waals surface area contributed by atoms with Gasteiger partial charge in [0.1, 0.15) is 5.82 Å². The summed E-state index contributed by atoms with van der Waals surface area (Å²) in [6.07, 6.45) is 0.329. The summed E-state index contributed by atoms with van der Waals surface area (Å²) in [6.45, 7) is 6.28. The third-order valence-corrected chi connectivity index (χ3v) is 3.76. The highest BCUT2D eigenvalue weighted by molar-refractivity contribution is 5.78. The SMILES string of the molecule is C[C@@H]1CN(Cc2cc(=O)c3cccc(F)c3[nH]2)C[C@H](C)O1. The number of morpholine rings is 1. The quantitative estimate of drug-likeness (QED) is 0.923. The minimum absolute atomic E-state index is 0.146. The number of rotatable bonds is 2. The largest absolute Gasteiger partial charge is 0.373 e. The molecule has 1 saturated heterocycles. The Morgan fingerprint density at radius 2 is 2.05 bits per heavy atom. The molecule has 0 amide bonds. The monoisotopic (exact) mass is 290 g/mol. The number of nitrogens with zero attached hydrogens (tertiary/aromatic N) is 1. The minimum Gasteiger partial charge on any atom is -0.373 e. The Balaban J connectivity index is 1.91. The van der Waals surface area contributed by atoms with Crippen LogP contribution in [0.1, 0.15) is 19.5 Å². The van der Waals surface area contributed by atoms with E-state index in [2.05, 4.69) is 9.88 Å². The van der Waals surface area contributed by atoms with Crippen molar-refractivity contribution in [1.29, 1.82) is 0 Å². The zero-order valence-corrected chi connectivity index (χ0v) is 12.2. The lowest BCUT2D eigenvalue weighted by Crippen LogP contribution is -2.45. The Labute approximate surface area is 122 Å². The van der Waals surface area contributed by atoms with Gasteiger partial charge in [-0.1, -0.05) is 6.07 Å². The average molecular weight is 290 g/mol. The lowest BCUT2D eigenvalue weighted by atomic mass is 10.1. The first-order chi connectivity index (χ1) is 10.0. The molecule has 2 aromatic rings. The Kier molecular flexibility index (Phi) is 3.78.